The summed E-state index contributed by atoms with van der Waals surface area (Å²) in [6, 6.07) is 20.9. The molecule has 1 atom stereocenters. The highest BCUT2D eigenvalue weighted by molar-refractivity contribution is 6.09. The van der Waals surface area contributed by atoms with Gasteiger partial charge in [-0.1, -0.05) is 107 Å². The van der Waals surface area contributed by atoms with E-state index in [1.165, 1.54) is 65.6 Å². The monoisotopic (exact) mass is 622 g/mol. The molecule has 5 rings (SSSR count). The van der Waals surface area contributed by atoms with Crippen LogP contribution in [0.2, 0.25) is 0 Å². The second-order valence-electron chi connectivity index (χ2n) is 11.3. The van der Waals surface area contributed by atoms with Gasteiger partial charge in [-0.05, 0) is 70.5 Å². The molecule has 0 saturated carbocycles. The van der Waals surface area contributed by atoms with Crippen molar-refractivity contribution in [2.45, 2.75) is 103 Å². The van der Waals surface area contributed by atoms with Crippen molar-refractivity contribution in [1.82, 2.24) is 0 Å². The molecule has 246 valence electrons. The summed E-state index contributed by atoms with van der Waals surface area (Å²) in [5.41, 5.74) is 1.64. The summed E-state index contributed by atoms with van der Waals surface area (Å²) < 4.78 is 4.58. The Bertz CT molecular complexity index is 1410. The number of hydrogen-bond acceptors (Lipinski definition) is 4. The number of furan rings is 1. The average Bonchev–Trinajstić information content (AvgIpc) is 3.58. The predicted octanol–water partition coefficient (Wildman–Crippen LogP) is 8.82. The van der Waals surface area contributed by atoms with Gasteiger partial charge in [-0.25, -0.2) is 0 Å². The zero-order valence-electron chi connectivity index (χ0n) is 26.9. The molecule has 1 heterocycles. The Kier molecular flexibility index (Phi) is 17.9. The van der Waals surface area contributed by atoms with Crippen molar-refractivity contribution in [2.24, 2.45) is 0 Å². The molecule has 0 radical (unpaired) electrons. The maximum atomic E-state index is 12.6. The second-order valence-corrected chi connectivity index (χ2v) is 11.3. The van der Waals surface area contributed by atoms with Crippen LogP contribution in [0.4, 0.5) is 0 Å². The molecule has 1 unspecified atom stereocenters. The van der Waals surface area contributed by atoms with Gasteiger partial charge in [0.25, 0.3) is 11.9 Å². The van der Waals surface area contributed by atoms with E-state index in [9.17, 15) is 9.90 Å². The van der Waals surface area contributed by atoms with Gasteiger partial charge >= 0.3 is 5.97 Å². The number of rotatable bonds is 10. The molecule has 0 aliphatic heterocycles. The SMILES string of the molecule is CC(=O)O.CC(=O)O.CCCCCCCCCCC1(C(=O)O)CCCc2c1ccc1c2ccc2ccccc21.O.c1ccoc1. The van der Waals surface area contributed by atoms with Gasteiger partial charge in [0.05, 0.1) is 17.9 Å². The van der Waals surface area contributed by atoms with E-state index < -0.39 is 23.3 Å². The van der Waals surface area contributed by atoms with Crippen LogP contribution < -0.4 is 0 Å². The van der Waals surface area contributed by atoms with Crippen LogP contribution in [0, 0.1) is 0 Å². The Labute approximate surface area is 266 Å². The Hall–Kier alpha value is -4.17. The molecule has 45 heavy (non-hydrogen) atoms. The molecular formula is C37H50O8. The fraction of sp³-hybridized carbons (Fsp3) is 0.432. The van der Waals surface area contributed by atoms with Gasteiger partial charge < -0.3 is 25.2 Å². The largest absolute Gasteiger partial charge is 0.481 e. The summed E-state index contributed by atoms with van der Waals surface area (Å²) in [4.78, 5) is 30.6. The standard InChI is InChI=1S/C29H36O2.C4H4O.2C2H4O2.H2O/c1-2-3-4-5-6-7-8-11-20-29(28(30)31)21-12-15-26-25-17-16-22-13-9-10-14-23(22)24(25)18-19-27(26)29;1-2-4-5-3-1;2*1-2(3)4;/h9-10,13-14,16-19H,2-8,11-12,15,20-21H2,1H3,(H,30,31);1-4H;2*1H3,(H,3,4);1H2. The lowest BCUT2D eigenvalue weighted by Crippen LogP contribution is -2.39. The molecule has 0 amide bonds. The Balaban J connectivity index is 0.000000607. The van der Waals surface area contributed by atoms with E-state index in [0.717, 1.165) is 57.9 Å². The molecule has 0 spiro atoms. The third-order valence-corrected chi connectivity index (χ3v) is 7.88. The normalized spacial score (nSPS) is 14.6. The number of aryl methyl sites for hydroxylation is 1. The summed E-state index contributed by atoms with van der Waals surface area (Å²) in [6.07, 6.45) is 16.7. The quantitative estimate of drug-likeness (QED) is 0.118. The zero-order chi connectivity index (χ0) is 32.4. The van der Waals surface area contributed by atoms with Crippen LogP contribution in [0.5, 0.6) is 0 Å². The van der Waals surface area contributed by atoms with Gasteiger partial charge in [0.2, 0.25) is 0 Å². The highest BCUT2D eigenvalue weighted by Gasteiger charge is 2.43. The number of aliphatic carboxylic acids is 3. The number of carboxylic acids is 3. The molecule has 1 aliphatic rings. The second kappa shape index (κ2) is 20.7. The van der Waals surface area contributed by atoms with Crippen molar-refractivity contribution in [3.05, 3.63) is 84.3 Å². The van der Waals surface area contributed by atoms with Crippen molar-refractivity contribution in [2.75, 3.05) is 0 Å². The van der Waals surface area contributed by atoms with Gasteiger partial charge in [-0.2, -0.15) is 0 Å². The van der Waals surface area contributed by atoms with Crippen molar-refractivity contribution >= 4 is 39.5 Å². The van der Waals surface area contributed by atoms with Crippen LogP contribution in [-0.2, 0) is 26.2 Å². The summed E-state index contributed by atoms with van der Waals surface area (Å²) in [6.45, 7) is 4.42. The van der Waals surface area contributed by atoms with Crippen LogP contribution in [0.1, 0.15) is 103 Å². The fourth-order valence-electron chi connectivity index (χ4n) is 5.95. The minimum absolute atomic E-state index is 0. The number of benzene rings is 3. The number of unbranched alkanes of at least 4 members (excludes halogenated alkanes) is 7. The zero-order valence-corrected chi connectivity index (χ0v) is 26.9. The topological polar surface area (TPSA) is 157 Å². The maximum Gasteiger partial charge on any atom is 0.314 e. The van der Waals surface area contributed by atoms with E-state index in [0.29, 0.717) is 0 Å². The average molecular weight is 623 g/mol. The van der Waals surface area contributed by atoms with Crippen LogP contribution in [0.3, 0.4) is 0 Å². The van der Waals surface area contributed by atoms with E-state index in [2.05, 4.69) is 59.9 Å². The van der Waals surface area contributed by atoms with Crippen LogP contribution in [0.15, 0.2) is 77.6 Å². The minimum Gasteiger partial charge on any atom is -0.481 e. The third kappa shape index (κ3) is 12.4. The number of fused-ring (bicyclic) bond motifs is 5. The van der Waals surface area contributed by atoms with Crippen molar-refractivity contribution < 1.29 is 39.6 Å². The Morgan fingerprint density at radius 3 is 1.82 bits per heavy atom. The van der Waals surface area contributed by atoms with Gasteiger partial charge in [-0.15, -0.1) is 0 Å². The lowest BCUT2D eigenvalue weighted by atomic mass is 9.66. The minimum atomic E-state index is -0.833. The lowest BCUT2D eigenvalue weighted by Gasteiger charge is -2.36. The van der Waals surface area contributed by atoms with Gasteiger partial charge in [0, 0.05) is 13.8 Å². The van der Waals surface area contributed by atoms with Gasteiger partial charge in [-0.3, -0.25) is 14.4 Å². The van der Waals surface area contributed by atoms with Crippen LogP contribution in [-0.4, -0.2) is 38.7 Å². The van der Waals surface area contributed by atoms with Gasteiger partial charge in [0.1, 0.15) is 0 Å². The summed E-state index contributed by atoms with van der Waals surface area (Å²) in [5.74, 6) is -2.29. The number of carboxylic acid groups (broad SMARTS) is 3. The first kappa shape index (κ1) is 38.9. The molecule has 8 nitrogen and oxygen atoms in total. The van der Waals surface area contributed by atoms with Gasteiger partial charge in [0.15, 0.2) is 0 Å². The van der Waals surface area contributed by atoms with Crippen molar-refractivity contribution in [3.63, 3.8) is 0 Å². The van der Waals surface area contributed by atoms with Crippen LogP contribution in [0.25, 0.3) is 21.5 Å². The first-order valence-electron chi connectivity index (χ1n) is 15.7. The fourth-order valence-corrected chi connectivity index (χ4v) is 5.95. The Morgan fingerprint density at radius 1 is 0.711 bits per heavy atom. The maximum absolute atomic E-state index is 12.6. The molecule has 0 fully saturated rings. The van der Waals surface area contributed by atoms with Crippen LogP contribution >= 0.6 is 0 Å². The first-order chi connectivity index (χ1) is 21.1. The summed E-state index contributed by atoms with van der Waals surface area (Å²) in [5, 5.41) is 30.2. The summed E-state index contributed by atoms with van der Waals surface area (Å²) in [7, 11) is 0. The predicted molar refractivity (Wildman–Crippen MR) is 180 cm³/mol. The smallest absolute Gasteiger partial charge is 0.314 e. The highest BCUT2D eigenvalue weighted by atomic mass is 16.4. The molecule has 1 aliphatic carbocycles. The summed E-state index contributed by atoms with van der Waals surface area (Å²) >= 11 is 0. The number of carbonyl (C=O) groups is 3. The molecule has 3 aromatic carbocycles. The molecule has 8 heteroatoms. The molecular weight excluding hydrogens is 572 g/mol. The number of hydrogen-bond donors (Lipinski definition) is 3. The van der Waals surface area contributed by atoms with E-state index in [1.807, 2.05) is 12.1 Å². The van der Waals surface area contributed by atoms with E-state index in [-0.39, 0.29) is 5.48 Å². The molecule has 0 bridgehead atoms. The third-order valence-electron chi connectivity index (χ3n) is 7.88. The highest BCUT2D eigenvalue weighted by Crippen LogP contribution is 2.45. The van der Waals surface area contributed by atoms with E-state index >= 15 is 0 Å². The molecule has 0 saturated heterocycles. The molecule has 4 aromatic rings. The van der Waals surface area contributed by atoms with E-state index in [1.54, 1.807) is 12.5 Å². The van der Waals surface area contributed by atoms with Crippen molar-refractivity contribution in [1.29, 1.82) is 0 Å². The van der Waals surface area contributed by atoms with E-state index in [4.69, 9.17) is 19.8 Å². The molecule has 5 N–H and O–H groups in total. The first-order valence-corrected chi connectivity index (χ1v) is 15.7. The lowest BCUT2D eigenvalue weighted by molar-refractivity contribution is -0.145. The van der Waals surface area contributed by atoms with Crippen molar-refractivity contribution in [3.8, 4) is 0 Å². The molecule has 1 aromatic heterocycles. The Morgan fingerprint density at radius 2 is 1.27 bits per heavy atom.